The minimum Gasteiger partial charge on any atom is -0.342 e. The number of carbonyl (C=O) groups excluding carboxylic acids is 2. The highest BCUT2D eigenvalue weighted by atomic mass is 16.2. The molecule has 1 amide bonds. The van der Waals surface area contributed by atoms with Crippen LogP contribution >= 0.6 is 0 Å². The average Bonchev–Trinajstić information content (AvgIpc) is 2.65. The number of ketones is 1. The first-order valence-electron chi connectivity index (χ1n) is 9.35. The Labute approximate surface area is 158 Å². The molecular formula is C21H25N3O3. The van der Waals surface area contributed by atoms with Gasteiger partial charge in [0.15, 0.2) is 0 Å². The molecule has 6 heteroatoms. The summed E-state index contributed by atoms with van der Waals surface area (Å²) in [5, 5.41) is 0. The van der Waals surface area contributed by atoms with E-state index in [1.807, 2.05) is 30.3 Å². The zero-order valence-corrected chi connectivity index (χ0v) is 15.8. The van der Waals surface area contributed by atoms with Crippen LogP contribution in [0.15, 0.2) is 35.1 Å². The molecule has 1 aromatic carbocycles. The van der Waals surface area contributed by atoms with Gasteiger partial charge in [-0.2, -0.15) is 0 Å². The van der Waals surface area contributed by atoms with E-state index in [0.717, 1.165) is 18.4 Å². The molecule has 0 bridgehead atoms. The second-order valence-electron chi connectivity index (χ2n) is 7.20. The van der Waals surface area contributed by atoms with Crippen molar-refractivity contribution >= 4 is 11.7 Å². The van der Waals surface area contributed by atoms with Crippen molar-refractivity contribution in [2.75, 3.05) is 13.1 Å². The van der Waals surface area contributed by atoms with E-state index >= 15 is 0 Å². The summed E-state index contributed by atoms with van der Waals surface area (Å²) < 4.78 is 0. The van der Waals surface area contributed by atoms with Crippen LogP contribution in [0.1, 0.15) is 35.5 Å². The summed E-state index contributed by atoms with van der Waals surface area (Å²) >= 11 is 0. The van der Waals surface area contributed by atoms with Crippen LogP contribution in [0.5, 0.6) is 0 Å². The predicted molar refractivity (Wildman–Crippen MR) is 102 cm³/mol. The Morgan fingerprint density at radius 2 is 1.93 bits per heavy atom. The van der Waals surface area contributed by atoms with Crippen molar-refractivity contribution in [1.29, 1.82) is 0 Å². The number of aryl methyl sites for hydroxylation is 2. The maximum atomic E-state index is 12.7. The second-order valence-corrected chi connectivity index (χ2v) is 7.20. The van der Waals surface area contributed by atoms with Gasteiger partial charge in [0.25, 0.3) is 5.56 Å². The molecule has 1 aliphatic rings. The van der Waals surface area contributed by atoms with Crippen LogP contribution in [0, 0.1) is 19.8 Å². The van der Waals surface area contributed by atoms with E-state index in [-0.39, 0.29) is 29.6 Å². The molecule has 1 N–H and O–H groups in total. The van der Waals surface area contributed by atoms with E-state index in [2.05, 4.69) is 9.97 Å². The standard InChI is InChI=1S/C21H25N3O3/c1-14-18(21(27)23-15(2)22-14)12-20(26)24-10-6-9-17(13-24)19(25)11-16-7-4-3-5-8-16/h3-5,7-8,17H,6,9-13H2,1-2H3,(H,22,23,27). The van der Waals surface area contributed by atoms with Gasteiger partial charge in [0.1, 0.15) is 11.6 Å². The highest BCUT2D eigenvalue weighted by Crippen LogP contribution is 2.20. The summed E-state index contributed by atoms with van der Waals surface area (Å²) in [6.07, 6.45) is 2.03. The number of likely N-dealkylation sites (tertiary alicyclic amines) is 1. The Balaban J connectivity index is 1.64. The van der Waals surface area contributed by atoms with Crippen LogP contribution < -0.4 is 5.56 Å². The number of benzene rings is 1. The number of hydrogen-bond donors (Lipinski definition) is 1. The molecule has 1 aliphatic heterocycles. The van der Waals surface area contributed by atoms with E-state index in [9.17, 15) is 14.4 Å². The summed E-state index contributed by atoms with van der Waals surface area (Å²) in [6, 6.07) is 9.67. The van der Waals surface area contributed by atoms with Gasteiger partial charge in [-0.1, -0.05) is 30.3 Å². The molecule has 0 spiro atoms. The molecule has 142 valence electrons. The molecule has 1 unspecified atom stereocenters. The largest absolute Gasteiger partial charge is 0.342 e. The van der Waals surface area contributed by atoms with E-state index in [4.69, 9.17) is 0 Å². The van der Waals surface area contributed by atoms with Crippen LogP contribution in [-0.2, 0) is 22.4 Å². The SMILES string of the molecule is Cc1nc(C)c(CC(=O)N2CCCC(C(=O)Cc3ccccc3)C2)c(=O)[nH]1. The highest BCUT2D eigenvalue weighted by Gasteiger charge is 2.28. The van der Waals surface area contributed by atoms with E-state index in [1.54, 1.807) is 18.7 Å². The summed E-state index contributed by atoms with van der Waals surface area (Å²) in [5.41, 5.74) is 1.72. The Bertz CT molecular complexity index is 889. The number of aromatic amines is 1. The molecule has 0 radical (unpaired) electrons. The average molecular weight is 367 g/mol. The van der Waals surface area contributed by atoms with Crippen molar-refractivity contribution in [3.05, 3.63) is 63.3 Å². The molecule has 1 aromatic heterocycles. The molecule has 0 saturated carbocycles. The molecule has 0 aliphatic carbocycles. The lowest BCUT2D eigenvalue weighted by Crippen LogP contribution is -2.44. The molecule has 3 rings (SSSR count). The van der Waals surface area contributed by atoms with Crippen molar-refractivity contribution in [2.45, 2.75) is 39.5 Å². The van der Waals surface area contributed by atoms with Crippen LogP contribution in [0.4, 0.5) is 0 Å². The van der Waals surface area contributed by atoms with Crippen molar-refractivity contribution in [3.8, 4) is 0 Å². The van der Waals surface area contributed by atoms with Gasteiger partial charge < -0.3 is 9.88 Å². The first kappa shape index (κ1) is 19.0. The lowest BCUT2D eigenvalue weighted by Gasteiger charge is -2.32. The normalized spacial score (nSPS) is 17.0. The lowest BCUT2D eigenvalue weighted by molar-refractivity contribution is -0.134. The monoisotopic (exact) mass is 367 g/mol. The van der Waals surface area contributed by atoms with Crippen molar-refractivity contribution in [1.82, 2.24) is 14.9 Å². The van der Waals surface area contributed by atoms with Gasteiger partial charge in [-0.15, -0.1) is 0 Å². The highest BCUT2D eigenvalue weighted by molar-refractivity contribution is 5.85. The van der Waals surface area contributed by atoms with E-state index in [0.29, 0.717) is 36.6 Å². The van der Waals surface area contributed by atoms with E-state index < -0.39 is 0 Å². The number of hydrogen-bond acceptors (Lipinski definition) is 4. The van der Waals surface area contributed by atoms with Crippen molar-refractivity contribution in [3.63, 3.8) is 0 Å². The van der Waals surface area contributed by atoms with Crippen LogP contribution in [0.2, 0.25) is 0 Å². The van der Waals surface area contributed by atoms with Gasteiger partial charge >= 0.3 is 0 Å². The Morgan fingerprint density at radius 1 is 1.19 bits per heavy atom. The molecule has 6 nitrogen and oxygen atoms in total. The smallest absolute Gasteiger partial charge is 0.254 e. The number of piperidine rings is 1. The van der Waals surface area contributed by atoms with Gasteiger partial charge in [0.2, 0.25) is 5.91 Å². The maximum Gasteiger partial charge on any atom is 0.254 e. The summed E-state index contributed by atoms with van der Waals surface area (Å²) in [6.45, 7) is 4.52. The van der Waals surface area contributed by atoms with Crippen LogP contribution in [0.3, 0.4) is 0 Å². The van der Waals surface area contributed by atoms with Gasteiger partial charge in [0.05, 0.1) is 6.42 Å². The molecule has 1 atom stereocenters. The van der Waals surface area contributed by atoms with E-state index in [1.165, 1.54) is 0 Å². The summed E-state index contributed by atoms with van der Waals surface area (Å²) in [4.78, 5) is 46.1. The lowest BCUT2D eigenvalue weighted by atomic mass is 9.90. The molecular weight excluding hydrogens is 342 g/mol. The molecule has 1 fully saturated rings. The third-order valence-corrected chi connectivity index (χ3v) is 5.12. The number of carbonyl (C=O) groups is 2. The predicted octanol–water partition coefficient (Wildman–Crippen LogP) is 1.98. The number of Topliss-reactive ketones (excluding diaryl/α,β-unsaturated/α-hetero) is 1. The minimum absolute atomic E-state index is 0.0219. The number of H-pyrrole nitrogens is 1. The number of rotatable bonds is 5. The minimum atomic E-state index is -0.262. The Hall–Kier alpha value is -2.76. The van der Waals surface area contributed by atoms with Gasteiger partial charge in [-0.3, -0.25) is 14.4 Å². The molecule has 2 aromatic rings. The summed E-state index contributed by atoms with van der Waals surface area (Å²) in [7, 11) is 0. The third-order valence-electron chi connectivity index (χ3n) is 5.12. The third kappa shape index (κ3) is 4.70. The fourth-order valence-electron chi connectivity index (χ4n) is 3.63. The van der Waals surface area contributed by atoms with Crippen LogP contribution in [-0.4, -0.2) is 39.6 Å². The van der Waals surface area contributed by atoms with Crippen molar-refractivity contribution < 1.29 is 9.59 Å². The Kier molecular flexibility index (Phi) is 5.84. The maximum absolute atomic E-state index is 12.7. The summed E-state index contributed by atoms with van der Waals surface area (Å²) in [5.74, 6) is 0.452. The number of amides is 1. The first-order valence-corrected chi connectivity index (χ1v) is 9.35. The van der Waals surface area contributed by atoms with Crippen LogP contribution in [0.25, 0.3) is 0 Å². The Morgan fingerprint density at radius 3 is 2.63 bits per heavy atom. The number of nitrogens with zero attached hydrogens (tertiary/aromatic N) is 2. The second kappa shape index (κ2) is 8.29. The topological polar surface area (TPSA) is 83.1 Å². The molecule has 2 heterocycles. The molecule has 27 heavy (non-hydrogen) atoms. The van der Waals surface area contributed by atoms with Gasteiger partial charge in [0, 0.05) is 36.7 Å². The fourth-order valence-corrected chi connectivity index (χ4v) is 3.63. The first-order chi connectivity index (χ1) is 12.9. The fraction of sp³-hybridized carbons (Fsp3) is 0.429. The number of nitrogens with one attached hydrogen (secondary N) is 1. The van der Waals surface area contributed by atoms with Gasteiger partial charge in [-0.25, -0.2) is 4.98 Å². The quantitative estimate of drug-likeness (QED) is 0.876. The van der Waals surface area contributed by atoms with Gasteiger partial charge in [-0.05, 0) is 32.3 Å². The zero-order chi connectivity index (χ0) is 19.4. The number of aromatic nitrogens is 2. The molecule has 1 saturated heterocycles. The van der Waals surface area contributed by atoms with Crippen molar-refractivity contribution in [2.24, 2.45) is 5.92 Å². The zero-order valence-electron chi connectivity index (χ0n) is 15.8.